The van der Waals surface area contributed by atoms with Crippen LogP contribution in [0.25, 0.3) is 27.6 Å². The van der Waals surface area contributed by atoms with Gasteiger partial charge in [0.05, 0.1) is 21.4 Å². The molecule has 5 rings (SSSR count). The third-order valence-corrected chi connectivity index (χ3v) is 8.08. The molecule has 0 saturated heterocycles. The molecule has 1 amide bonds. The molecule has 0 aliphatic rings. The van der Waals surface area contributed by atoms with Crippen molar-refractivity contribution >= 4 is 85.2 Å². The van der Waals surface area contributed by atoms with Crippen LogP contribution in [0.2, 0.25) is 10.0 Å². The number of hydrogen-bond acceptors (Lipinski definition) is 6. The molecule has 2 aromatic carbocycles. The highest BCUT2D eigenvalue weighted by Gasteiger charge is 2.18. The number of benzene rings is 2. The lowest BCUT2D eigenvalue weighted by atomic mass is 10.1. The number of hydrogen-bond donors (Lipinski definition) is 2. The smallest absolute Gasteiger partial charge is 0.267 e. The maximum atomic E-state index is 13.0. The fraction of sp³-hybridized carbons (Fsp3) is 0. The SMILES string of the molecule is Nc1c(C(=O)Nc2ccc(C(=O)/C=C/c3cccs3)cc2)sc2nc(-c3ccc(Cl)c(Cl)c3)ccc12. The zero-order valence-corrected chi connectivity index (χ0v) is 21.6. The summed E-state index contributed by atoms with van der Waals surface area (Å²) in [5.41, 5.74) is 9.24. The number of nitrogens with two attached hydrogens (primary N) is 1. The number of allylic oxidation sites excluding steroid dienone is 1. The lowest BCUT2D eigenvalue weighted by Crippen LogP contribution is -2.12. The van der Waals surface area contributed by atoms with Gasteiger partial charge in [-0.1, -0.05) is 35.3 Å². The number of halogens is 2. The number of nitrogens with zero attached hydrogens (tertiary/aromatic N) is 1. The summed E-state index contributed by atoms with van der Waals surface area (Å²) in [5, 5.41) is 6.40. The fourth-order valence-corrected chi connectivity index (χ4v) is 5.43. The van der Waals surface area contributed by atoms with Crippen molar-refractivity contribution in [2.75, 3.05) is 11.1 Å². The van der Waals surface area contributed by atoms with Crippen molar-refractivity contribution in [3.05, 3.63) is 104 Å². The Morgan fingerprint density at radius 2 is 1.78 bits per heavy atom. The molecule has 0 saturated carbocycles. The summed E-state index contributed by atoms with van der Waals surface area (Å²) in [4.78, 5) is 32.1. The van der Waals surface area contributed by atoms with Crippen LogP contribution >= 0.6 is 45.9 Å². The number of thiophene rings is 2. The molecule has 3 heterocycles. The van der Waals surface area contributed by atoms with Gasteiger partial charge >= 0.3 is 0 Å². The number of nitrogens with one attached hydrogen (secondary N) is 1. The zero-order chi connectivity index (χ0) is 25.2. The Morgan fingerprint density at radius 3 is 2.50 bits per heavy atom. The van der Waals surface area contributed by atoms with E-state index in [1.54, 1.807) is 53.8 Å². The van der Waals surface area contributed by atoms with E-state index in [1.165, 1.54) is 17.4 Å². The van der Waals surface area contributed by atoms with Crippen molar-refractivity contribution in [2.45, 2.75) is 0 Å². The van der Waals surface area contributed by atoms with Gasteiger partial charge in [-0.25, -0.2) is 4.98 Å². The maximum absolute atomic E-state index is 13.0. The molecule has 0 spiro atoms. The fourth-order valence-electron chi connectivity index (χ4n) is 3.53. The van der Waals surface area contributed by atoms with Crippen molar-refractivity contribution in [3.63, 3.8) is 0 Å². The summed E-state index contributed by atoms with van der Waals surface area (Å²) in [6.45, 7) is 0. The molecule has 3 aromatic heterocycles. The number of carbonyl (C=O) groups is 2. The van der Waals surface area contributed by atoms with Gasteiger partial charge in [-0.05, 0) is 72.1 Å². The van der Waals surface area contributed by atoms with Gasteiger partial charge in [0.15, 0.2) is 5.78 Å². The van der Waals surface area contributed by atoms with Crippen LogP contribution in [-0.2, 0) is 0 Å². The van der Waals surface area contributed by atoms with Crippen molar-refractivity contribution < 1.29 is 9.59 Å². The van der Waals surface area contributed by atoms with Gasteiger partial charge in [-0.15, -0.1) is 22.7 Å². The van der Waals surface area contributed by atoms with E-state index >= 15 is 0 Å². The summed E-state index contributed by atoms with van der Waals surface area (Å²) in [6.07, 6.45) is 3.32. The van der Waals surface area contributed by atoms with E-state index in [-0.39, 0.29) is 11.7 Å². The number of fused-ring (bicyclic) bond motifs is 1. The number of amides is 1. The first-order valence-electron chi connectivity index (χ1n) is 10.7. The van der Waals surface area contributed by atoms with Gasteiger partial charge in [0, 0.05) is 27.1 Å². The monoisotopic (exact) mass is 549 g/mol. The molecule has 0 bridgehead atoms. The number of ketones is 1. The van der Waals surface area contributed by atoms with Crippen LogP contribution in [-0.4, -0.2) is 16.7 Å². The van der Waals surface area contributed by atoms with E-state index in [1.807, 2.05) is 35.7 Å². The Morgan fingerprint density at radius 1 is 0.972 bits per heavy atom. The van der Waals surface area contributed by atoms with Crippen LogP contribution in [0.1, 0.15) is 24.9 Å². The quantitative estimate of drug-likeness (QED) is 0.165. The first-order chi connectivity index (χ1) is 17.4. The number of carbonyl (C=O) groups excluding carboxylic acids is 2. The Bertz CT molecular complexity index is 1630. The standard InChI is InChI=1S/C27H17Cl2N3O2S2/c28-20-10-5-16(14-21(20)29)22-11-9-19-24(30)25(36-27(19)32-22)26(34)31-17-6-3-15(4-7-17)23(33)12-8-18-2-1-13-35-18/h1-14H,30H2,(H,31,34)/b12-8+. The Balaban J connectivity index is 1.33. The van der Waals surface area contributed by atoms with Crippen LogP contribution < -0.4 is 11.1 Å². The molecule has 3 N–H and O–H groups in total. The van der Waals surface area contributed by atoms with Crippen molar-refractivity contribution in [2.24, 2.45) is 0 Å². The lowest BCUT2D eigenvalue weighted by Gasteiger charge is -2.05. The Labute approximate surface area is 224 Å². The first-order valence-corrected chi connectivity index (χ1v) is 13.2. The number of rotatable bonds is 6. The maximum Gasteiger partial charge on any atom is 0.267 e. The van der Waals surface area contributed by atoms with Crippen molar-refractivity contribution in [3.8, 4) is 11.3 Å². The molecule has 0 unspecified atom stereocenters. The van der Waals surface area contributed by atoms with Crippen LogP contribution in [0.5, 0.6) is 0 Å². The van der Waals surface area contributed by atoms with Crippen molar-refractivity contribution in [1.82, 2.24) is 4.98 Å². The summed E-state index contributed by atoms with van der Waals surface area (Å²) >= 11 is 14.9. The molecule has 36 heavy (non-hydrogen) atoms. The van der Waals surface area contributed by atoms with Crippen LogP contribution in [0.4, 0.5) is 11.4 Å². The largest absolute Gasteiger partial charge is 0.397 e. The summed E-state index contributed by atoms with van der Waals surface area (Å²) in [6, 6.07) is 19.6. The highest BCUT2D eigenvalue weighted by molar-refractivity contribution is 7.21. The van der Waals surface area contributed by atoms with Gasteiger partial charge in [0.1, 0.15) is 9.71 Å². The van der Waals surface area contributed by atoms with Crippen LogP contribution in [0.3, 0.4) is 0 Å². The van der Waals surface area contributed by atoms with Crippen LogP contribution in [0.15, 0.2) is 78.2 Å². The molecule has 5 aromatic rings. The van der Waals surface area contributed by atoms with E-state index in [0.29, 0.717) is 47.8 Å². The van der Waals surface area contributed by atoms with E-state index in [0.717, 1.165) is 10.4 Å². The predicted octanol–water partition coefficient (Wildman–Crippen LogP) is 8.06. The number of pyridine rings is 1. The number of anilines is 2. The first kappa shape index (κ1) is 24.2. The normalized spacial score (nSPS) is 11.3. The predicted molar refractivity (Wildman–Crippen MR) is 152 cm³/mol. The van der Waals surface area contributed by atoms with Crippen molar-refractivity contribution in [1.29, 1.82) is 0 Å². The summed E-state index contributed by atoms with van der Waals surface area (Å²) < 4.78 is 0. The van der Waals surface area contributed by atoms with E-state index < -0.39 is 0 Å². The third-order valence-electron chi connectivity index (χ3n) is 5.38. The van der Waals surface area contributed by atoms with E-state index in [9.17, 15) is 9.59 Å². The van der Waals surface area contributed by atoms with Crippen LogP contribution in [0, 0.1) is 0 Å². The van der Waals surface area contributed by atoms with E-state index in [2.05, 4.69) is 10.3 Å². The second-order valence-electron chi connectivity index (χ2n) is 7.77. The average Bonchev–Trinajstić information content (AvgIpc) is 3.52. The average molecular weight is 550 g/mol. The molecular formula is C27H17Cl2N3O2S2. The second kappa shape index (κ2) is 10.2. The summed E-state index contributed by atoms with van der Waals surface area (Å²) in [5.74, 6) is -0.456. The molecule has 178 valence electrons. The number of nitrogen functional groups attached to an aromatic ring is 1. The molecule has 5 nitrogen and oxygen atoms in total. The lowest BCUT2D eigenvalue weighted by molar-refractivity contribution is 0.102. The molecule has 0 radical (unpaired) electrons. The topological polar surface area (TPSA) is 85.1 Å². The summed E-state index contributed by atoms with van der Waals surface area (Å²) in [7, 11) is 0. The molecule has 0 fully saturated rings. The zero-order valence-electron chi connectivity index (χ0n) is 18.5. The molecule has 0 aliphatic carbocycles. The highest BCUT2D eigenvalue weighted by Crippen LogP contribution is 2.35. The van der Waals surface area contributed by atoms with Gasteiger partial charge in [-0.3, -0.25) is 9.59 Å². The molecule has 0 aliphatic heterocycles. The van der Waals surface area contributed by atoms with E-state index in [4.69, 9.17) is 28.9 Å². The minimum atomic E-state index is -0.344. The number of aromatic nitrogens is 1. The van der Waals surface area contributed by atoms with Gasteiger partial charge in [-0.2, -0.15) is 0 Å². The third kappa shape index (κ3) is 5.05. The highest BCUT2D eigenvalue weighted by atomic mass is 35.5. The molecule has 9 heteroatoms. The van der Waals surface area contributed by atoms with Gasteiger partial charge in [0.25, 0.3) is 5.91 Å². The Hall–Kier alpha value is -3.49. The minimum absolute atomic E-state index is 0.112. The second-order valence-corrected chi connectivity index (χ2v) is 10.6. The Kier molecular flexibility index (Phi) is 6.89. The molecule has 0 atom stereocenters. The minimum Gasteiger partial charge on any atom is -0.397 e. The van der Waals surface area contributed by atoms with Gasteiger partial charge in [0.2, 0.25) is 0 Å². The molecular weight excluding hydrogens is 533 g/mol. The van der Waals surface area contributed by atoms with Gasteiger partial charge < -0.3 is 11.1 Å².